The van der Waals surface area contributed by atoms with Crippen molar-refractivity contribution in [2.75, 3.05) is 17.2 Å². The molecule has 0 aromatic carbocycles. The summed E-state index contributed by atoms with van der Waals surface area (Å²) in [6.45, 7) is 4.20. The van der Waals surface area contributed by atoms with Crippen molar-refractivity contribution in [1.82, 2.24) is 9.97 Å². The summed E-state index contributed by atoms with van der Waals surface area (Å²) in [4.78, 5) is 20.9. The van der Waals surface area contributed by atoms with E-state index >= 15 is 0 Å². The summed E-state index contributed by atoms with van der Waals surface area (Å²) in [6.07, 6.45) is 3.45. The smallest absolute Gasteiger partial charge is 0.227 e. The fourth-order valence-corrected chi connectivity index (χ4v) is 1.97. The van der Waals surface area contributed by atoms with E-state index in [4.69, 9.17) is 17.3 Å². The number of amides is 1. The molecule has 2 heterocycles. The second kappa shape index (κ2) is 4.09. The van der Waals surface area contributed by atoms with Gasteiger partial charge >= 0.3 is 0 Å². The molecule has 1 aromatic rings. The van der Waals surface area contributed by atoms with Gasteiger partial charge in [0, 0.05) is 18.9 Å². The Morgan fingerprint density at radius 1 is 1.62 bits per heavy atom. The van der Waals surface area contributed by atoms with E-state index in [2.05, 4.69) is 16.5 Å². The van der Waals surface area contributed by atoms with Gasteiger partial charge in [0.25, 0.3) is 0 Å². The minimum atomic E-state index is -0.0340. The lowest BCUT2D eigenvalue weighted by molar-refractivity contribution is -0.117. The summed E-state index contributed by atoms with van der Waals surface area (Å²) in [7, 11) is 0. The molecule has 0 radical (unpaired) electrons. The normalized spacial score (nSPS) is 20.2. The molecule has 16 heavy (non-hydrogen) atoms. The number of nitrogens with two attached hydrogens (primary N) is 1. The number of rotatable bonds is 2. The van der Waals surface area contributed by atoms with Gasteiger partial charge in [-0.2, -0.15) is 0 Å². The summed E-state index contributed by atoms with van der Waals surface area (Å²) in [6, 6.07) is 0. The molecule has 1 unspecified atom stereocenters. The number of nitrogens with zero attached hydrogens (tertiary/aromatic N) is 3. The van der Waals surface area contributed by atoms with E-state index in [0.29, 0.717) is 18.7 Å². The zero-order valence-corrected chi connectivity index (χ0v) is 9.31. The molecule has 2 rings (SSSR count). The van der Waals surface area contributed by atoms with E-state index < -0.39 is 0 Å². The van der Waals surface area contributed by atoms with Gasteiger partial charge in [-0.25, -0.2) is 9.97 Å². The van der Waals surface area contributed by atoms with E-state index in [0.717, 1.165) is 0 Å². The first-order valence-electron chi connectivity index (χ1n) is 4.82. The SMILES string of the molecule is C=CC1CC(=O)N(c2c(N)ncnc2Cl)C1. The quantitative estimate of drug-likeness (QED) is 0.622. The van der Waals surface area contributed by atoms with Crippen LogP contribution in [0.25, 0.3) is 0 Å². The van der Waals surface area contributed by atoms with Gasteiger partial charge in [-0.1, -0.05) is 17.7 Å². The highest BCUT2D eigenvalue weighted by molar-refractivity contribution is 6.33. The van der Waals surface area contributed by atoms with Crippen LogP contribution >= 0.6 is 11.6 Å². The van der Waals surface area contributed by atoms with Crippen LogP contribution in [0.3, 0.4) is 0 Å². The number of anilines is 2. The Morgan fingerprint density at radius 3 is 2.94 bits per heavy atom. The predicted molar refractivity (Wildman–Crippen MR) is 62.1 cm³/mol. The third kappa shape index (κ3) is 1.74. The summed E-state index contributed by atoms with van der Waals surface area (Å²) >= 11 is 5.91. The van der Waals surface area contributed by atoms with E-state index in [-0.39, 0.29) is 22.8 Å². The van der Waals surface area contributed by atoms with E-state index in [9.17, 15) is 4.79 Å². The van der Waals surface area contributed by atoms with Crippen LogP contribution in [-0.4, -0.2) is 22.4 Å². The van der Waals surface area contributed by atoms with E-state index in [1.54, 1.807) is 6.08 Å². The van der Waals surface area contributed by atoms with Gasteiger partial charge < -0.3 is 10.6 Å². The molecule has 1 atom stereocenters. The number of hydrogen-bond acceptors (Lipinski definition) is 4. The van der Waals surface area contributed by atoms with Crippen LogP contribution in [0.2, 0.25) is 5.15 Å². The topological polar surface area (TPSA) is 72.1 Å². The van der Waals surface area contributed by atoms with Gasteiger partial charge in [-0.05, 0) is 0 Å². The molecule has 6 heteroatoms. The molecule has 1 aromatic heterocycles. The number of hydrogen-bond donors (Lipinski definition) is 1. The van der Waals surface area contributed by atoms with Crippen molar-refractivity contribution in [3.63, 3.8) is 0 Å². The fourth-order valence-electron chi connectivity index (χ4n) is 1.73. The maximum absolute atomic E-state index is 11.8. The molecule has 1 fully saturated rings. The first-order chi connectivity index (χ1) is 7.63. The Hall–Kier alpha value is -1.62. The number of halogens is 1. The Morgan fingerprint density at radius 2 is 2.38 bits per heavy atom. The van der Waals surface area contributed by atoms with Crippen molar-refractivity contribution in [2.45, 2.75) is 6.42 Å². The van der Waals surface area contributed by atoms with E-state index in [1.165, 1.54) is 11.2 Å². The number of carbonyl (C=O) groups excluding carboxylic acids is 1. The lowest BCUT2D eigenvalue weighted by Gasteiger charge is -2.18. The molecule has 5 nitrogen and oxygen atoms in total. The third-order valence-electron chi connectivity index (χ3n) is 2.56. The Balaban J connectivity index is 2.38. The standard InChI is InChI=1S/C10H11ClN4O/c1-2-6-3-7(16)15(4-6)8-9(11)13-5-14-10(8)12/h2,5-6H,1,3-4H2,(H2,12,13,14). The second-order valence-corrected chi connectivity index (χ2v) is 3.96. The van der Waals surface area contributed by atoms with Crippen LogP contribution in [0.1, 0.15) is 6.42 Å². The lowest BCUT2D eigenvalue weighted by Crippen LogP contribution is -2.26. The monoisotopic (exact) mass is 238 g/mol. The zero-order valence-electron chi connectivity index (χ0n) is 8.56. The second-order valence-electron chi connectivity index (χ2n) is 3.60. The van der Waals surface area contributed by atoms with Crippen molar-refractivity contribution >= 4 is 29.0 Å². The lowest BCUT2D eigenvalue weighted by atomic mass is 10.1. The molecular formula is C10H11ClN4O. The molecule has 0 bridgehead atoms. The van der Waals surface area contributed by atoms with Gasteiger partial charge in [0.05, 0.1) is 0 Å². The van der Waals surface area contributed by atoms with Gasteiger partial charge in [-0.15, -0.1) is 6.58 Å². The number of carbonyl (C=O) groups is 1. The fraction of sp³-hybridized carbons (Fsp3) is 0.300. The van der Waals surface area contributed by atoms with Gasteiger partial charge in [-0.3, -0.25) is 4.79 Å². The van der Waals surface area contributed by atoms with Crippen molar-refractivity contribution in [1.29, 1.82) is 0 Å². The maximum Gasteiger partial charge on any atom is 0.227 e. The molecule has 0 spiro atoms. The minimum absolute atomic E-state index is 0.0340. The highest BCUT2D eigenvalue weighted by Gasteiger charge is 2.31. The highest BCUT2D eigenvalue weighted by atomic mass is 35.5. The summed E-state index contributed by atoms with van der Waals surface area (Å²) in [5.74, 6) is 0.314. The maximum atomic E-state index is 11.8. The first kappa shape index (κ1) is 10.9. The summed E-state index contributed by atoms with van der Waals surface area (Å²) in [5.41, 5.74) is 6.10. The molecule has 0 aliphatic carbocycles. The molecule has 1 aliphatic heterocycles. The van der Waals surface area contributed by atoms with Crippen LogP contribution < -0.4 is 10.6 Å². The molecule has 1 amide bonds. The highest BCUT2D eigenvalue weighted by Crippen LogP contribution is 2.33. The third-order valence-corrected chi connectivity index (χ3v) is 2.84. The van der Waals surface area contributed by atoms with Crippen LogP contribution in [0, 0.1) is 5.92 Å². The number of aromatic nitrogens is 2. The van der Waals surface area contributed by atoms with Crippen molar-refractivity contribution in [3.8, 4) is 0 Å². The Labute approximate surface area is 97.9 Å². The van der Waals surface area contributed by atoms with E-state index in [1.807, 2.05) is 0 Å². The first-order valence-corrected chi connectivity index (χ1v) is 5.20. The van der Waals surface area contributed by atoms with Crippen LogP contribution in [0.4, 0.5) is 11.5 Å². The van der Waals surface area contributed by atoms with Crippen molar-refractivity contribution in [2.24, 2.45) is 5.92 Å². The molecule has 2 N–H and O–H groups in total. The molecule has 84 valence electrons. The van der Waals surface area contributed by atoms with Gasteiger partial charge in [0.1, 0.15) is 12.0 Å². The zero-order chi connectivity index (χ0) is 11.7. The van der Waals surface area contributed by atoms with Crippen molar-refractivity contribution < 1.29 is 4.79 Å². The molecular weight excluding hydrogens is 228 g/mol. The van der Waals surface area contributed by atoms with Gasteiger partial charge in [0.15, 0.2) is 11.0 Å². The van der Waals surface area contributed by atoms with Crippen LogP contribution in [-0.2, 0) is 4.79 Å². The number of nitrogen functional groups attached to an aromatic ring is 1. The van der Waals surface area contributed by atoms with Gasteiger partial charge in [0.2, 0.25) is 5.91 Å². The molecule has 1 saturated heterocycles. The Bertz CT molecular complexity index is 428. The predicted octanol–water partition coefficient (Wildman–Crippen LogP) is 1.25. The van der Waals surface area contributed by atoms with Crippen LogP contribution in [0.5, 0.6) is 0 Å². The summed E-state index contributed by atoms with van der Waals surface area (Å²) in [5, 5.41) is 0.200. The molecule has 0 saturated carbocycles. The van der Waals surface area contributed by atoms with Crippen molar-refractivity contribution in [3.05, 3.63) is 24.1 Å². The largest absolute Gasteiger partial charge is 0.382 e. The average Bonchev–Trinajstić information content (AvgIpc) is 2.60. The summed E-state index contributed by atoms with van der Waals surface area (Å²) < 4.78 is 0. The van der Waals surface area contributed by atoms with Crippen LogP contribution in [0.15, 0.2) is 19.0 Å². The minimum Gasteiger partial charge on any atom is -0.382 e. The Kier molecular flexibility index (Phi) is 2.78. The average molecular weight is 239 g/mol. The molecule has 1 aliphatic rings.